The van der Waals surface area contributed by atoms with E-state index in [0.717, 1.165) is 0 Å². The van der Waals surface area contributed by atoms with Crippen LogP contribution in [0, 0.1) is 0 Å². The summed E-state index contributed by atoms with van der Waals surface area (Å²) in [5.74, 6) is 0.256. The van der Waals surface area contributed by atoms with Gasteiger partial charge in [-0.05, 0) is 13.8 Å². The second-order valence-electron chi connectivity index (χ2n) is 4.32. The number of Topliss-reactive ketones (excluding diaryl/α,β-unsaturated/α-hetero) is 1. The summed E-state index contributed by atoms with van der Waals surface area (Å²) in [6, 6.07) is 9.06. The van der Waals surface area contributed by atoms with Crippen molar-refractivity contribution in [3.63, 3.8) is 0 Å². The molecule has 2 atom stereocenters. The summed E-state index contributed by atoms with van der Waals surface area (Å²) in [5.41, 5.74) is 0.634. The number of carbonyl (C=O) groups is 1. The van der Waals surface area contributed by atoms with Crippen LogP contribution < -0.4 is 0 Å². The highest BCUT2D eigenvalue weighted by Gasteiger charge is 2.24. The lowest BCUT2D eigenvalue weighted by molar-refractivity contribution is 0.0951. The van der Waals surface area contributed by atoms with Crippen molar-refractivity contribution in [2.45, 2.75) is 25.9 Å². The van der Waals surface area contributed by atoms with Gasteiger partial charge in [-0.3, -0.25) is 4.79 Å². The van der Waals surface area contributed by atoms with E-state index in [1.54, 1.807) is 26.2 Å². The van der Waals surface area contributed by atoms with Crippen LogP contribution in [0.2, 0.25) is 0 Å². The average molecular weight is 260 g/mol. The number of hydrogen-bond acceptors (Lipinski definition) is 5. The Morgan fingerprint density at radius 2 is 1.95 bits per heavy atom. The van der Waals surface area contributed by atoms with E-state index in [1.807, 2.05) is 25.1 Å². The molecule has 2 unspecified atom stereocenters. The third-order valence-corrected chi connectivity index (χ3v) is 3.00. The summed E-state index contributed by atoms with van der Waals surface area (Å²) in [5, 5.41) is 3.82. The maximum absolute atomic E-state index is 12.2. The number of methoxy groups -OCH3 is 1. The van der Waals surface area contributed by atoms with Gasteiger partial charge in [0.05, 0.1) is 5.92 Å². The molecule has 0 bridgehead atoms. The Bertz CT molecular complexity index is 551. The Kier molecular flexibility index (Phi) is 4.06. The van der Waals surface area contributed by atoms with Crippen molar-refractivity contribution >= 4 is 5.78 Å². The van der Waals surface area contributed by atoms with Crippen LogP contribution in [-0.2, 0) is 4.74 Å². The minimum absolute atomic E-state index is 0.0409. The van der Waals surface area contributed by atoms with Crippen molar-refractivity contribution in [2.24, 2.45) is 0 Å². The molecule has 0 aliphatic heterocycles. The molecule has 0 aliphatic carbocycles. The zero-order valence-corrected chi connectivity index (χ0v) is 11.2. The summed E-state index contributed by atoms with van der Waals surface area (Å²) in [6.07, 6.45) is -0.253. The highest BCUT2D eigenvalue weighted by molar-refractivity contribution is 6.00. The summed E-state index contributed by atoms with van der Waals surface area (Å²) >= 11 is 0. The number of benzene rings is 1. The van der Waals surface area contributed by atoms with Gasteiger partial charge in [0, 0.05) is 12.7 Å². The van der Waals surface area contributed by atoms with Gasteiger partial charge in [0.15, 0.2) is 11.6 Å². The number of ether oxygens (including phenoxy) is 1. The standard InChI is InChI=1S/C14H16N2O3/c1-9(12(17)11-7-5-4-6-8-11)14-15-13(16-19-14)10(2)18-3/h4-10H,1-3H3. The highest BCUT2D eigenvalue weighted by atomic mass is 16.5. The van der Waals surface area contributed by atoms with Crippen molar-refractivity contribution < 1.29 is 14.1 Å². The van der Waals surface area contributed by atoms with Crippen molar-refractivity contribution in [2.75, 3.05) is 7.11 Å². The van der Waals surface area contributed by atoms with Gasteiger partial charge in [-0.2, -0.15) is 4.98 Å². The SMILES string of the molecule is COC(C)c1noc(C(C)C(=O)c2ccccc2)n1. The van der Waals surface area contributed by atoms with Gasteiger partial charge >= 0.3 is 0 Å². The van der Waals surface area contributed by atoms with E-state index in [2.05, 4.69) is 10.1 Å². The van der Waals surface area contributed by atoms with Gasteiger partial charge < -0.3 is 9.26 Å². The van der Waals surface area contributed by atoms with Crippen molar-refractivity contribution in [1.82, 2.24) is 10.1 Å². The monoisotopic (exact) mass is 260 g/mol. The molecule has 2 aromatic rings. The van der Waals surface area contributed by atoms with E-state index in [-0.39, 0.29) is 11.9 Å². The fraction of sp³-hybridized carbons (Fsp3) is 0.357. The van der Waals surface area contributed by atoms with Crippen molar-refractivity contribution in [3.8, 4) is 0 Å². The summed E-state index contributed by atoms with van der Waals surface area (Å²) in [6.45, 7) is 3.57. The molecule has 1 aromatic heterocycles. The number of ketones is 1. The zero-order chi connectivity index (χ0) is 13.8. The zero-order valence-electron chi connectivity index (χ0n) is 11.2. The fourth-order valence-corrected chi connectivity index (χ4v) is 1.66. The van der Waals surface area contributed by atoms with Crippen LogP contribution in [0.5, 0.6) is 0 Å². The van der Waals surface area contributed by atoms with Crippen LogP contribution in [0.25, 0.3) is 0 Å². The van der Waals surface area contributed by atoms with E-state index < -0.39 is 5.92 Å². The number of rotatable bonds is 5. The third-order valence-electron chi connectivity index (χ3n) is 3.00. The lowest BCUT2D eigenvalue weighted by atomic mass is 9.99. The van der Waals surface area contributed by atoms with Gasteiger partial charge in [0.25, 0.3) is 0 Å². The number of carbonyl (C=O) groups excluding carboxylic acids is 1. The Hall–Kier alpha value is -2.01. The Balaban J connectivity index is 2.18. The molecule has 0 radical (unpaired) electrons. The molecule has 1 heterocycles. The summed E-state index contributed by atoms with van der Waals surface area (Å²) < 4.78 is 10.2. The summed E-state index contributed by atoms with van der Waals surface area (Å²) in [7, 11) is 1.57. The lowest BCUT2D eigenvalue weighted by Gasteiger charge is -2.05. The number of aromatic nitrogens is 2. The molecule has 100 valence electrons. The van der Waals surface area contributed by atoms with Gasteiger partial charge in [-0.15, -0.1) is 0 Å². The van der Waals surface area contributed by atoms with E-state index in [1.165, 1.54) is 0 Å². The Morgan fingerprint density at radius 3 is 2.58 bits per heavy atom. The van der Waals surface area contributed by atoms with Gasteiger partial charge in [-0.25, -0.2) is 0 Å². The van der Waals surface area contributed by atoms with Crippen molar-refractivity contribution in [1.29, 1.82) is 0 Å². The second kappa shape index (κ2) is 5.75. The van der Waals surface area contributed by atoms with E-state index in [9.17, 15) is 4.79 Å². The van der Waals surface area contributed by atoms with Crippen LogP contribution in [0.3, 0.4) is 0 Å². The van der Waals surface area contributed by atoms with Gasteiger partial charge in [0.2, 0.25) is 5.89 Å². The third kappa shape index (κ3) is 2.88. The van der Waals surface area contributed by atoms with E-state index in [4.69, 9.17) is 9.26 Å². The minimum Gasteiger partial charge on any atom is -0.374 e. The first-order valence-corrected chi connectivity index (χ1v) is 6.09. The van der Waals surface area contributed by atoms with Crippen LogP contribution in [0.15, 0.2) is 34.9 Å². The molecule has 19 heavy (non-hydrogen) atoms. The van der Waals surface area contributed by atoms with Crippen LogP contribution in [-0.4, -0.2) is 23.0 Å². The van der Waals surface area contributed by atoms with E-state index in [0.29, 0.717) is 17.3 Å². The predicted molar refractivity (Wildman–Crippen MR) is 68.9 cm³/mol. The topological polar surface area (TPSA) is 65.2 Å². The molecule has 0 spiro atoms. The molecule has 0 aliphatic rings. The predicted octanol–water partition coefficient (Wildman–Crippen LogP) is 2.76. The average Bonchev–Trinajstić information content (AvgIpc) is 2.95. The maximum atomic E-state index is 12.2. The molecule has 0 saturated carbocycles. The first-order valence-electron chi connectivity index (χ1n) is 6.09. The molecule has 5 nitrogen and oxygen atoms in total. The van der Waals surface area contributed by atoms with Crippen LogP contribution in [0.4, 0.5) is 0 Å². The lowest BCUT2D eigenvalue weighted by Crippen LogP contribution is -2.10. The van der Waals surface area contributed by atoms with Gasteiger partial charge in [-0.1, -0.05) is 35.5 Å². The minimum atomic E-state index is -0.465. The Morgan fingerprint density at radius 1 is 1.26 bits per heavy atom. The maximum Gasteiger partial charge on any atom is 0.237 e. The molecular weight excluding hydrogens is 244 g/mol. The quantitative estimate of drug-likeness (QED) is 0.773. The molecule has 1 aromatic carbocycles. The molecule has 2 rings (SSSR count). The molecule has 0 N–H and O–H groups in total. The highest BCUT2D eigenvalue weighted by Crippen LogP contribution is 2.21. The van der Waals surface area contributed by atoms with Crippen molar-refractivity contribution in [3.05, 3.63) is 47.6 Å². The molecule has 5 heteroatoms. The number of hydrogen-bond donors (Lipinski definition) is 0. The molecular formula is C14H16N2O3. The fourth-order valence-electron chi connectivity index (χ4n) is 1.66. The molecule has 0 fully saturated rings. The first kappa shape index (κ1) is 13.4. The largest absolute Gasteiger partial charge is 0.374 e. The van der Waals surface area contributed by atoms with Crippen LogP contribution in [0.1, 0.15) is 47.9 Å². The smallest absolute Gasteiger partial charge is 0.237 e. The summed E-state index contributed by atoms with van der Waals surface area (Å²) in [4.78, 5) is 16.4. The van der Waals surface area contributed by atoms with Crippen LogP contribution >= 0.6 is 0 Å². The second-order valence-corrected chi connectivity index (χ2v) is 4.32. The molecule has 0 amide bonds. The Labute approximate surface area is 111 Å². The van der Waals surface area contributed by atoms with E-state index >= 15 is 0 Å². The van der Waals surface area contributed by atoms with Gasteiger partial charge in [0.1, 0.15) is 6.10 Å². The number of nitrogens with zero attached hydrogens (tertiary/aromatic N) is 2. The molecule has 0 saturated heterocycles. The first-order chi connectivity index (χ1) is 9.13. The normalized spacial score (nSPS) is 14.1.